The first-order valence-corrected chi connectivity index (χ1v) is 11.6. The van der Waals surface area contributed by atoms with Crippen molar-refractivity contribution < 1.29 is 13.2 Å². The van der Waals surface area contributed by atoms with Crippen molar-refractivity contribution in [3.63, 3.8) is 0 Å². The Balaban J connectivity index is 1.75. The van der Waals surface area contributed by atoms with Crippen molar-refractivity contribution in [1.29, 1.82) is 0 Å². The average molecular weight is 427 g/mol. The number of pyridine rings is 1. The highest BCUT2D eigenvalue weighted by Crippen LogP contribution is 2.23. The van der Waals surface area contributed by atoms with Gasteiger partial charge in [-0.15, -0.1) is 0 Å². The lowest BCUT2D eigenvalue weighted by atomic mass is 10.0. The van der Waals surface area contributed by atoms with Gasteiger partial charge in [0.25, 0.3) is 5.56 Å². The molecule has 0 saturated carbocycles. The molecule has 1 aliphatic heterocycles. The van der Waals surface area contributed by atoms with E-state index in [9.17, 15) is 13.2 Å². The molecule has 0 radical (unpaired) electrons. The van der Waals surface area contributed by atoms with Gasteiger partial charge in [-0.1, -0.05) is 24.3 Å². The van der Waals surface area contributed by atoms with Crippen LogP contribution in [0.4, 0.5) is 0 Å². The third-order valence-corrected chi connectivity index (χ3v) is 7.37. The van der Waals surface area contributed by atoms with Crippen molar-refractivity contribution >= 4 is 20.9 Å². The van der Waals surface area contributed by atoms with Crippen LogP contribution in [-0.2, 0) is 21.3 Å². The number of rotatable bonds is 6. The molecule has 1 aromatic heterocycles. The lowest BCUT2D eigenvalue weighted by molar-refractivity contribution is 0.0925. The summed E-state index contributed by atoms with van der Waals surface area (Å²) < 4.78 is 33.8. The molecule has 1 saturated heterocycles. The molecule has 6 nitrogen and oxygen atoms in total. The Hall–Kier alpha value is -2.48. The normalized spacial score (nSPS) is 17.1. The van der Waals surface area contributed by atoms with Crippen LogP contribution < -0.4 is 5.56 Å². The zero-order valence-electron chi connectivity index (χ0n) is 17.2. The van der Waals surface area contributed by atoms with E-state index < -0.39 is 10.0 Å². The van der Waals surface area contributed by atoms with Crippen LogP contribution in [0.5, 0.6) is 0 Å². The highest BCUT2D eigenvalue weighted by Gasteiger charge is 2.30. The monoisotopic (exact) mass is 426 g/mol. The van der Waals surface area contributed by atoms with Gasteiger partial charge in [0, 0.05) is 36.2 Å². The number of aryl methyl sites for hydroxylation is 2. The Morgan fingerprint density at radius 3 is 2.60 bits per heavy atom. The van der Waals surface area contributed by atoms with Crippen LogP contribution in [-0.4, -0.2) is 37.0 Å². The van der Waals surface area contributed by atoms with E-state index >= 15 is 0 Å². The Labute approximate surface area is 176 Å². The molecule has 7 heteroatoms. The Morgan fingerprint density at radius 1 is 1.13 bits per heavy atom. The summed E-state index contributed by atoms with van der Waals surface area (Å²) in [5.74, 6) is 0. The molecule has 1 unspecified atom stereocenters. The van der Waals surface area contributed by atoms with Crippen LogP contribution in [0.15, 0.2) is 58.2 Å². The molecule has 1 atom stereocenters. The number of sulfonamides is 1. The molecule has 0 amide bonds. The summed E-state index contributed by atoms with van der Waals surface area (Å²) in [5.41, 5.74) is 3.02. The first kappa shape index (κ1) is 20.8. The maximum atomic E-state index is 13.4. The molecule has 4 rings (SSSR count). The van der Waals surface area contributed by atoms with E-state index in [0.717, 1.165) is 34.9 Å². The molecule has 0 aliphatic carbocycles. The van der Waals surface area contributed by atoms with Crippen molar-refractivity contribution in [3.8, 4) is 0 Å². The molecule has 0 bridgehead atoms. The first-order valence-electron chi connectivity index (χ1n) is 10.1. The number of hydrogen-bond acceptors (Lipinski definition) is 4. The van der Waals surface area contributed by atoms with Gasteiger partial charge in [-0.25, -0.2) is 8.42 Å². The minimum atomic E-state index is -3.77. The number of fused-ring (bicyclic) bond motifs is 1. The third kappa shape index (κ3) is 4.19. The fraction of sp³-hybridized carbons (Fsp3) is 0.348. The van der Waals surface area contributed by atoms with Gasteiger partial charge < -0.3 is 9.72 Å². The summed E-state index contributed by atoms with van der Waals surface area (Å²) in [6.45, 7) is 4.83. The molecule has 1 fully saturated rings. The van der Waals surface area contributed by atoms with Crippen LogP contribution in [0.2, 0.25) is 0 Å². The summed E-state index contributed by atoms with van der Waals surface area (Å²) in [4.78, 5) is 15.9. The summed E-state index contributed by atoms with van der Waals surface area (Å²) >= 11 is 0. The van der Waals surface area contributed by atoms with E-state index in [1.807, 2.05) is 26.0 Å². The number of benzene rings is 2. The molecule has 158 valence electrons. The molecule has 3 aromatic rings. The SMILES string of the molecule is Cc1cc(C)c2cc(CN(CC3CCCO3)S(=O)(=O)c3ccccc3)c(=O)[nH]c2c1. The predicted molar refractivity (Wildman–Crippen MR) is 117 cm³/mol. The Kier molecular flexibility index (Phi) is 5.77. The van der Waals surface area contributed by atoms with E-state index in [-0.39, 0.29) is 29.6 Å². The second kappa shape index (κ2) is 8.34. The van der Waals surface area contributed by atoms with Crippen LogP contribution >= 0.6 is 0 Å². The lowest BCUT2D eigenvalue weighted by Crippen LogP contribution is -2.38. The maximum Gasteiger partial charge on any atom is 0.252 e. The smallest absolute Gasteiger partial charge is 0.252 e. The van der Waals surface area contributed by atoms with Crippen LogP contribution in [0.3, 0.4) is 0 Å². The summed E-state index contributed by atoms with van der Waals surface area (Å²) in [7, 11) is -3.77. The fourth-order valence-corrected chi connectivity index (χ4v) is 5.50. The zero-order chi connectivity index (χ0) is 21.3. The van der Waals surface area contributed by atoms with Gasteiger partial charge in [0.2, 0.25) is 10.0 Å². The molecular weight excluding hydrogens is 400 g/mol. The quantitative estimate of drug-likeness (QED) is 0.654. The fourth-order valence-electron chi connectivity index (χ4n) is 4.03. The van der Waals surface area contributed by atoms with Crippen molar-refractivity contribution in [2.75, 3.05) is 13.2 Å². The van der Waals surface area contributed by atoms with Gasteiger partial charge in [0.1, 0.15) is 0 Å². The Bertz CT molecular complexity index is 1210. The highest BCUT2D eigenvalue weighted by atomic mass is 32.2. The summed E-state index contributed by atoms with van der Waals surface area (Å²) in [5, 5.41) is 0.921. The standard InChI is InChI=1S/C23H26N2O4S/c1-16-11-17(2)21-13-18(23(26)24-22(21)12-16)14-25(15-19-7-6-10-29-19)30(27,28)20-8-4-3-5-9-20/h3-5,8-9,11-13,19H,6-7,10,14-15H2,1-2H3,(H,24,26). The van der Waals surface area contributed by atoms with Crippen molar-refractivity contribution in [2.45, 2.75) is 44.2 Å². The van der Waals surface area contributed by atoms with Gasteiger partial charge in [-0.05, 0) is 62.1 Å². The summed E-state index contributed by atoms with van der Waals surface area (Å²) in [6, 6.07) is 14.1. The molecule has 0 spiro atoms. The number of aromatic amines is 1. The van der Waals surface area contributed by atoms with Gasteiger partial charge in [0.05, 0.1) is 11.0 Å². The lowest BCUT2D eigenvalue weighted by Gasteiger charge is -2.25. The second-order valence-corrected chi connectivity index (χ2v) is 9.85. The van der Waals surface area contributed by atoms with E-state index in [1.165, 1.54) is 4.31 Å². The number of nitrogens with one attached hydrogen (secondary N) is 1. The van der Waals surface area contributed by atoms with Gasteiger partial charge in [0.15, 0.2) is 0 Å². The van der Waals surface area contributed by atoms with Crippen molar-refractivity contribution in [1.82, 2.24) is 9.29 Å². The van der Waals surface area contributed by atoms with Crippen LogP contribution in [0.25, 0.3) is 10.9 Å². The molecule has 30 heavy (non-hydrogen) atoms. The molecule has 2 heterocycles. The number of ether oxygens (including phenoxy) is 1. The van der Waals surface area contributed by atoms with Gasteiger partial charge >= 0.3 is 0 Å². The highest BCUT2D eigenvalue weighted by molar-refractivity contribution is 7.89. The molecule has 1 aliphatic rings. The molecule has 2 aromatic carbocycles. The minimum absolute atomic E-state index is 0.00429. The minimum Gasteiger partial charge on any atom is -0.377 e. The zero-order valence-corrected chi connectivity index (χ0v) is 18.0. The predicted octanol–water partition coefficient (Wildman–Crippen LogP) is 3.51. The number of aromatic nitrogens is 1. The van der Waals surface area contributed by atoms with Crippen LogP contribution in [0.1, 0.15) is 29.5 Å². The Morgan fingerprint density at radius 2 is 1.90 bits per heavy atom. The largest absolute Gasteiger partial charge is 0.377 e. The maximum absolute atomic E-state index is 13.4. The van der Waals surface area contributed by atoms with E-state index in [2.05, 4.69) is 11.1 Å². The molecule has 1 N–H and O–H groups in total. The average Bonchev–Trinajstić information content (AvgIpc) is 3.22. The van der Waals surface area contributed by atoms with Gasteiger partial charge in [-0.3, -0.25) is 4.79 Å². The summed E-state index contributed by atoms with van der Waals surface area (Å²) in [6.07, 6.45) is 1.57. The van der Waals surface area contributed by atoms with Crippen molar-refractivity contribution in [2.24, 2.45) is 0 Å². The van der Waals surface area contributed by atoms with Gasteiger partial charge in [-0.2, -0.15) is 4.31 Å². The van der Waals surface area contributed by atoms with E-state index in [1.54, 1.807) is 30.3 Å². The first-order chi connectivity index (χ1) is 14.3. The molecular formula is C23H26N2O4S. The number of nitrogens with zero attached hydrogens (tertiary/aromatic N) is 1. The van der Waals surface area contributed by atoms with Crippen molar-refractivity contribution in [3.05, 3.63) is 75.6 Å². The topological polar surface area (TPSA) is 79.5 Å². The van der Waals surface area contributed by atoms with E-state index in [4.69, 9.17) is 4.74 Å². The second-order valence-electron chi connectivity index (χ2n) is 7.91. The van der Waals surface area contributed by atoms with E-state index in [0.29, 0.717) is 12.2 Å². The van der Waals surface area contributed by atoms with Crippen LogP contribution in [0, 0.1) is 13.8 Å². The number of H-pyrrole nitrogens is 1. The third-order valence-electron chi connectivity index (χ3n) is 5.55. The number of hydrogen-bond donors (Lipinski definition) is 1.